The first kappa shape index (κ1) is 12.1. The molecule has 1 spiro atoms. The zero-order valence-electron chi connectivity index (χ0n) is 11.2. The maximum Gasteiger partial charge on any atom is 0.356 e. The Morgan fingerprint density at radius 2 is 2.20 bits per heavy atom. The highest BCUT2D eigenvalue weighted by molar-refractivity contribution is 5.84. The van der Waals surface area contributed by atoms with Crippen molar-refractivity contribution in [3.63, 3.8) is 0 Å². The number of hydrogen-bond acceptors (Lipinski definition) is 5. The third-order valence-electron chi connectivity index (χ3n) is 5.22. The van der Waals surface area contributed by atoms with Crippen LogP contribution in [0.2, 0.25) is 0 Å². The summed E-state index contributed by atoms with van der Waals surface area (Å²) < 4.78 is 5.67. The maximum atomic E-state index is 10.8. The molecule has 2 saturated heterocycles. The van der Waals surface area contributed by atoms with Crippen LogP contribution >= 0.6 is 0 Å². The lowest BCUT2D eigenvalue weighted by molar-refractivity contribution is 0.0670. The third kappa shape index (κ3) is 1.57. The molecule has 3 heterocycles. The molecule has 0 radical (unpaired) electrons. The summed E-state index contributed by atoms with van der Waals surface area (Å²) in [7, 11) is 0. The van der Waals surface area contributed by atoms with E-state index in [1.165, 1.54) is 25.5 Å². The quantitative estimate of drug-likeness (QED) is 0.873. The van der Waals surface area contributed by atoms with Crippen LogP contribution in [-0.2, 0) is 4.74 Å². The Hall–Kier alpha value is -1.69. The first-order valence-electron chi connectivity index (χ1n) is 7.09. The molecule has 1 saturated carbocycles. The van der Waals surface area contributed by atoms with E-state index in [9.17, 15) is 4.79 Å². The molecule has 6 heteroatoms. The van der Waals surface area contributed by atoms with Gasteiger partial charge in [-0.25, -0.2) is 14.8 Å². The number of nitrogens with zero attached hydrogens (tertiary/aromatic N) is 3. The molecular formula is C14H17N3O3. The number of aromatic nitrogens is 2. The van der Waals surface area contributed by atoms with E-state index in [-0.39, 0.29) is 5.69 Å². The summed E-state index contributed by atoms with van der Waals surface area (Å²) in [5, 5.41) is 8.89. The minimum absolute atomic E-state index is 0.00877. The van der Waals surface area contributed by atoms with Crippen LogP contribution in [0.15, 0.2) is 12.4 Å². The fraction of sp³-hybridized carbons (Fsp3) is 0.643. The first-order chi connectivity index (χ1) is 9.70. The summed E-state index contributed by atoms with van der Waals surface area (Å²) in [6.07, 6.45) is 6.77. The van der Waals surface area contributed by atoms with Crippen molar-refractivity contribution in [3.05, 3.63) is 18.1 Å². The van der Waals surface area contributed by atoms with Crippen molar-refractivity contribution < 1.29 is 14.6 Å². The minimum Gasteiger partial charge on any atom is -0.476 e. The molecule has 0 bridgehead atoms. The summed E-state index contributed by atoms with van der Waals surface area (Å²) >= 11 is 0. The molecule has 1 aromatic rings. The Bertz CT molecular complexity index is 541. The van der Waals surface area contributed by atoms with Crippen molar-refractivity contribution in [3.8, 4) is 0 Å². The lowest BCUT2D eigenvalue weighted by Gasteiger charge is -2.42. The molecule has 1 aliphatic carbocycles. The zero-order valence-corrected chi connectivity index (χ0v) is 11.2. The smallest absolute Gasteiger partial charge is 0.356 e. The summed E-state index contributed by atoms with van der Waals surface area (Å²) in [6.45, 7) is 2.60. The molecule has 106 valence electrons. The van der Waals surface area contributed by atoms with Crippen molar-refractivity contribution >= 4 is 11.8 Å². The van der Waals surface area contributed by atoms with Crippen LogP contribution in [0.4, 0.5) is 5.82 Å². The van der Waals surface area contributed by atoms with E-state index in [2.05, 4.69) is 14.9 Å². The van der Waals surface area contributed by atoms with Crippen LogP contribution in [-0.4, -0.2) is 46.8 Å². The van der Waals surface area contributed by atoms with Gasteiger partial charge in [-0.05, 0) is 18.3 Å². The summed E-state index contributed by atoms with van der Waals surface area (Å²) in [4.78, 5) is 21.4. The van der Waals surface area contributed by atoms with E-state index in [4.69, 9.17) is 9.84 Å². The molecule has 2 unspecified atom stereocenters. The van der Waals surface area contributed by atoms with Crippen molar-refractivity contribution in [1.82, 2.24) is 9.97 Å². The number of carboxylic acid groups (broad SMARTS) is 1. The normalized spacial score (nSPS) is 30.3. The van der Waals surface area contributed by atoms with Crippen molar-refractivity contribution in [1.29, 1.82) is 0 Å². The molecule has 2 aliphatic heterocycles. The van der Waals surface area contributed by atoms with Crippen molar-refractivity contribution in [2.45, 2.75) is 25.3 Å². The van der Waals surface area contributed by atoms with Gasteiger partial charge in [0.15, 0.2) is 5.69 Å². The predicted molar refractivity (Wildman–Crippen MR) is 70.7 cm³/mol. The Morgan fingerprint density at radius 1 is 1.35 bits per heavy atom. The van der Waals surface area contributed by atoms with E-state index in [1.807, 2.05) is 0 Å². The number of rotatable bonds is 2. The Morgan fingerprint density at radius 3 is 2.80 bits per heavy atom. The van der Waals surface area contributed by atoms with Crippen LogP contribution in [0.25, 0.3) is 0 Å². The molecule has 1 aromatic heterocycles. The van der Waals surface area contributed by atoms with E-state index in [1.54, 1.807) is 6.20 Å². The van der Waals surface area contributed by atoms with Crippen LogP contribution in [0.3, 0.4) is 0 Å². The summed E-state index contributed by atoms with van der Waals surface area (Å²) in [5.74, 6) is 0.333. The summed E-state index contributed by atoms with van der Waals surface area (Å²) in [6, 6.07) is 0.375. The van der Waals surface area contributed by atoms with Crippen LogP contribution < -0.4 is 4.90 Å². The van der Waals surface area contributed by atoms with E-state index in [0.717, 1.165) is 25.6 Å². The SMILES string of the molecule is O=C(O)c1cnc(N2CC3(CCC3)C3COCC32)cn1. The Labute approximate surface area is 116 Å². The number of aromatic carboxylic acids is 1. The number of carboxylic acids is 1. The Kier molecular flexibility index (Phi) is 2.51. The summed E-state index contributed by atoms with van der Waals surface area (Å²) in [5.41, 5.74) is 0.388. The molecule has 1 N–H and O–H groups in total. The zero-order chi connectivity index (χ0) is 13.7. The monoisotopic (exact) mass is 275 g/mol. The second-order valence-corrected chi connectivity index (χ2v) is 6.12. The van der Waals surface area contributed by atoms with Gasteiger partial charge >= 0.3 is 5.97 Å². The first-order valence-corrected chi connectivity index (χ1v) is 7.09. The number of hydrogen-bond donors (Lipinski definition) is 1. The highest BCUT2D eigenvalue weighted by Gasteiger charge is 2.57. The van der Waals surface area contributed by atoms with Crippen LogP contribution in [0.1, 0.15) is 29.8 Å². The molecule has 2 atom stereocenters. The van der Waals surface area contributed by atoms with Gasteiger partial charge in [0.2, 0.25) is 0 Å². The van der Waals surface area contributed by atoms with E-state index < -0.39 is 5.97 Å². The standard InChI is InChI=1S/C14H17N3O3/c18-13(19)10-4-16-12(5-15-10)17-8-14(2-1-3-14)9-6-20-7-11(9)17/h4-5,9,11H,1-3,6-8H2,(H,18,19). The average molecular weight is 275 g/mol. The molecule has 3 aliphatic rings. The molecule has 6 nitrogen and oxygen atoms in total. The molecule has 3 fully saturated rings. The van der Waals surface area contributed by atoms with Gasteiger partial charge in [-0.1, -0.05) is 6.42 Å². The fourth-order valence-electron chi connectivity index (χ4n) is 4.00. The van der Waals surface area contributed by atoms with Crippen LogP contribution in [0.5, 0.6) is 0 Å². The van der Waals surface area contributed by atoms with Gasteiger partial charge in [0.25, 0.3) is 0 Å². The number of ether oxygens (including phenoxy) is 1. The molecule has 0 aromatic carbocycles. The average Bonchev–Trinajstić information content (AvgIpc) is 2.97. The number of carbonyl (C=O) groups is 1. The van der Waals surface area contributed by atoms with E-state index >= 15 is 0 Å². The molecule has 0 amide bonds. The number of anilines is 1. The topological polar surface area (TPSA) is 75.5 Å². The molecule has 20 heavy (non-hydrogen) atoms. The van der Waals surface area contributed by atoms with Gasteiger partial charge in [-0.15, -0.1) is 0 Å². The van der Waals surface area contributed by atoms with Crippen molar-refractivity contribution in [2.24, 2.45) is 11.3 Å². The van der Waals surface area contributed by atoms with Gasteiger partial charge in [0.1, 0.15) is 5.82 Å². The number of fused-ring (bicyclic) bond motifs is 2. The minimum atomic E-state index is -1.04. The van der Waals surface area contributed by atoms with Gasteiger partial charge < -0.3 is 14.7 Å². The largest absolute Gasteiger partial charge is 0.476 e. The highest BCUT2D eigenvalue weighted by atomic mass is 16.5. The van der Waals surface area contributed by atoms with E-state index in [0.29, 0.717) is 17.4 Å². The lowest BCUT2D eigenvalue weighted by atomic mass is 9.62. The van der Waals surface area contributed by atoms with Gasteiger partial charge in [-0.2, -0.15) is 0 Å². The van der Waals surface area contributed by atoms with Gasteiger partial charge in [0.05, 0.1) is 31.6 Å². The third-order valence-corrected chi connectivity index (χ3v) is 5.22. The lowest BCUT2D eigenvalue weighted by Crippen LogP contribution is -2.38. The van der Waals surface area contributed by atoms with Crippen LogP contribution in [0, 0.1) is 11.3 Å². The van der Waals surface area contributed by atoms with Crippen molar-refractivity contribution in [2.75, 3.05) is 24.7 Å². The molecular weight excluding hydrogens is 258 g/mol. The Balaban J connectivity index is 1.63. The van der Waals surface area contributed by atoms with Gasteiger partial charge in [-0.3, -0.25) is 0 Å². The highest BCUT2D eigenvalue weighted by Crippen LogP contribution is 2.56. The second kappa shape index (κ2) is 4.15. The van der Waals surface area contributed by atoms with Gasteiger partial charge in [0, 0.05) is 12.5 Å². The second-order valence-electron chi connectivity index (χ2n) is 6.12. The predicted octanol–water partition coefficient (Wildman–Crippen LogP) is 1.18. The molecule has 4 rings (SSSR count). The maximum absolute atomic E-state index is 10.8. The fourth-order valence-corrected chi connectivity index (χ4v) is 4.00.